The number of furan rings is 1. The average Bonchev–Trinajstić information content (AvgIpc) is 2.69. The minimum Gasteiger partial charge on any atom is -0.468 e. The first-order chi connectivity index (χ1) is 7.62. The molecule has 1 aliphatic rings. The van der Waals surface area contributed by atoms with Crippen LogP contribution in [-0.2, 0) is 17.8 Å². The standard InChI is InChI=1S/C12H20N2O2/c1-12(2)9-15-4-3-14(12)7-11-5-10(6-13)8-16-11/h5,8H,3-4,6-7,9,13H2,1-2H3. The van der Waals surface area contributed by atoms with Crippen molar-refractivity contribution in [1.29, 1.82) is 0 Å². The number of rotatable bonds is 3. The molecule has 16 heavy (non-hydrogen) atoms. The van der Waals surface area contributed by atoms with Crippen LogP contribution in [0.1, 0.15) is 25.2 Å². The second kappa shape index (κ2) is 4.57. The molecule has 0 atom stereocenters. The Morgan fingerprint density at radius 2 is 2.31 bits per heavy atom. The molecular formula is C12H20N2O2. The highest BCUT2D eigenvalue weighted by molar-refractivity contribution is 5.12. The van der Waals surface area contributed by atoms with E-state index in [-0.39, 0.29) is 5.54 Å². The molecule has 2 heterocycles. The molecule has 2 N–H and O–H groups in total. The summed E-state index contributed by atoms with van der Waals surface area (Å²) in [6.07, 6.45) is 1.74. The van der Waals surface area contributed by atoms with E-state index < -0.39 is 0 Å². The topological polar surface area (TPSA) is 51.6 Å². The Morgan fingerprint density at radius 1 is 1.50 bits per heavy atom. The summed E-state index contributed by atoms with van der Waals surface area (Å²) in [6, 6.07) is 2.03. The van der Waals surface area contributed by atoms with Gasteiger partial charge in [0.1, 0.15) is 5.76 Å². The smallest absolute Gasteiger partial charge is 0.118 e. The maximum absolute atomic E-state index is 5.56. The third-order valence-electron chi connectivity index (χ3n) is 3.11. The molecule has 0 unspecified atom stereocenters. The molecule has 0 bridgehead atoms. The Bertz CT molecular complexity index is 347. The predicted molar refractivity (Wildman–Crippen MR) is 61.9 cm³/mol. The first-order valence-corrected chi connectivity index (χ1v) is 5.71. The van der Waals surface area contributed by atoms with Crippen molar-refractivity contribution in [3.63, 3.8) is 0 Å². The first-order valence-electron chi connectivity index (χ1n) is 5.71. The third kappa shape index (κ3) is 2.45. The molecule has 1 aliphatic heterocycles. The summed E-state index contributed by atoms with van der Waals surface area (Å²) >= 11 is 0. The molecule has 0 radical (unpaired) electrons. The molecular weight excluding hydrogens is 204 g/mol. The first kappa shape index (κ1) is 11.6. The van der Waals surface area contributed by atoms with Crippen molar-refractivity contribution >= 4 is 0 Å². The zero-order valence-corrected chi connectivity index (χ0v) is 10.0. The third-order valence-corrected chi connectivity index (χ3v) is 3.11. The predicted octanol–water partition coefficient (Wildman–Crippen LogP) is 1.35. The van der Waals surface area contributed by atoms with Crippen LogP contribution < -0.4 is 5.73 Å². The van der Waals surface area contributed by atoms with Gasteiger partial charge in [0.2, 0.25) is 0 Å². The maximum Gasteiger partial charge on any atom is 0.118 e. The van der Waals surface area contributed by atoms with Gasteiger partial charge < -0.3 is 14.9 Å². The van der Waals surface area contributed by atoms with Crippen LogP contribution in [-0.4, -0.2) is 30.2 Å². The summed E-state index contributed by atoms with van der Waals surface area (Å²) in [5.74, 6) is 0.982. The van der Waals surface area contributed by atoms with Crippen molar-refractivity contribution < 1.29 is 9.15 Å². The maximum atomic E-state index is 5.56. The molecule has 0 spiro atoms. The lowest BCUT2D eigenvalue weighted by Gasteiger charge is -2.41. The van der Waals surface area contributed by atoms with Crippen LogP contribution in [0.2, 0.25) is 0 Å². The van der Waals surface area contributed by atoms with Gasteiger partial charge in [-0.15, -0.1) is 0 Å². The number of ether oxygens (including phenoxy) is 1. The van der Waals surface area contributed by atoms with E-state index in [9.17, 15) is 0 Å². The minimum atomic E-state index is 0.0773. The molecule has 2 rings (SSSR count). The highest BCUT2D eigenvalue weighted by Gasteiger charge is 2.30. The van der Waals surface area contributed by atoms with Crippen LogP contribution >= 0.6 is 0 Å². The van der Waals surface area contributed by atoms with Gasteiger partial charge >= 0.3 is 0 Å². The number of nitrogens with zero attached hydrogens (tertiary/aromatic N) is 1. The van der Waals surface area contributed by atoms with E-state index in [2.05, 4.69) is 18.7 Å². The molecule has 90 valence electrons. The SMILES string of the molecule is CC1(C)COCCN1Cc1cc(CN)co1. The summed E-state index contributed by atoms with van der Waals surface area (Å²) in [5, 5.41) is 0. The molecule has 1 aromatic heterocycles. The van der Waals surface area contributed by atoms with Crippen LogP contribution in [0.25, 0.3) is 0 Å². The van der Waals surface area contributed by atoms with Crippen molar-refractivity contribution in [2.24, 2.45) is 5.73 Å². The summed E-state index contributed by atoms with van der Waals surface area (Å²) in [6.45, 7) is 8.28. The normalized spacial score (nSPS) is 21.2. The summed E-state index contributed by atoms with van der Waals surface area (Å²) in [4.78, 5) is 2.38. The van der Waals surface area contributed by atoms with Gasteiger partial charge in [0.05, 0.1) is 26.0 Å². The van der Waals surface area contributed by atoms with E-state index in [0.717, 1.165) is 37.6 Å². The Labute approximate surface area is 96.4 Å². The van der Waals surface area contributed by atoms with E-state index in [0.29, 0.717) is 6.54 Å². The number of hydrogen-bond donors (Lipinski definition) is 1. The van der Waals surface area contributed by atoms with Crippen LogP contribution in [0.4, 0.5) is 0 Å². The number of morpholine rings is 1. The van der Waals surface area contributed by atoms with Crippen LogP contribution in [0.15, 0.2) is 16.7 Å². The van der Waals surface area contributed by atoms with Gasteiger partial charge in [-0.1, -0.05) is 0 Å². The summed E-state index contributed by atoms with van der Waals surface area (Å²) in [7, 11) is 0. The number of nitrogens with two attached hydrogens (primary N) is 1. The van der Waals surface area contributed by atoms with E-state index >= 15 is 0 Å². The molecule has 4 heteroatoms. The van der Waals surface area contributed by atoms with E-state index in [1.165, 1.54) is 0 Å². The Balaban J connectivity index is 2.02. The van der Waals surface area contributed by atoms with Crippen molar-refractivity contribution in [3.05, 3.63) is 23.7 Å². The Morgan fingerprint density at radius 3 is 2.94 bits per heavy atom. The van der Waals surface area contributed by atoms with Crippen LogP contribution in [0.3, 0.4) is 0 Å². The minimum absolute atomic E-state index is 0.0773. The fraction of sp³-hybridized carbons (Fsp3) is 0.667. The van der Waals surface area contributed by atoms with Crippen molar-refractivity contribution in [3.8, 4) is 0 Å². The van der Waals surface area contributed by atoms with Gasteiger partial charge in [-0.3, -0.25) is 4.90 Å². The largest absolute Gasteiger partial charge is 0.468 e. The van der Waals surface area contributed by atoms with Crippen LogP contribution in [0.5, 0.6) is 0 Å². The Kier molecular flexibility index (Phi) is 3.33. The van der Waals surface area contributed by atoms with Gasteiger partial charge in [0.15, 0.2) is 0 Å². The molecule has 1 aromatic rings. The molecule has 0 saturated carbocycles. The molecule has 4 nitrogen and oxygen atoms in total. The van der Waals surface area contributed by atoms with Gasteiger partial charge in [0, 0.05) is 24.2 Å². The summed E-state index contributed by atoms with van der Waals surface area (Å²) < 4.78 is 11.0. The van der Waals surface area contributed by atoms with Gasteiger partial charge in [-0.25, -0.2) is 0 Å². The lowest BCUT2D eigenvalue weighted by Crippen LogP contribution is -2.52. The monoisotopic (exact) mass is 224 g/mol. The fourth-order valence-electron chi connectivity index (χ4n) is 1.99. The summed E-state index contributed by atoms with van der Waals surface area (Å²) in [5.41, 5.74) is 6.69. The lowest BCUT2D eigenvalue weighted by atomic mass is 10.0. The molecule has 1 fully saturated rings. The molecule has 0 aliphatic carbocycles. The van der Waals surface area contributed by atoms with Gasteiger partial charge in [-0.2, -0.15) is 0 Å². The van der Waals surface area contributed by atoms with Crippen molar-refractivity contribution in [2.75, 3.05) is 19.8 Å². The second-order valence-electron chi connectivity index (χ2n) is 4.91. The van der Waals surface area contributed by atoms with Crippen molar-refractivity contribution in [2.45, 2.75) is 32.5 Å². The van der Waals surface area contributed by atoms with Crippen LogP contribution in [0, 0.1) is 0 Å². The van der Waals surface area contributed by atoms with E-state index in [4.69, 9.17) is 14.9 Å². The molecule has 0 aromatic carbocycles. The second-order valence-corrected chi connectivity index (χ2v) is 4.91. The number of hydrogen-bond acceptors (Lipinski definition) is 4. The average molecular weight is 224 g/mol. The quantitative estimate of drug-likeness (QED) is 0.842. The van der Waals surface area contributed by atoms with E-state index in [1.807, 2.05) is 6.07 Å². The van der Waals surface area contributed by atoms with Gasteiger partial charge in [0.25, 0.3) is 0 Å². The van der Waals surface area contributed by atoms with Gasteiger partial charge in [-0.05, 0) is 19.9 Å². The molecule has 1 saturated heterocycles. The fourth-order valence-corrected chi connectivity index (χ4v) is 1.99. The Hall–Kier alpha value is -0.840. The zero-order chi connectivity index (χ0) is 11.6. The lowest BCUT2D eigenvalue weighted by molar-refractivity contribution is -0.0577. The highest BCUT2D eigenvalue weighted by atomic mass is 16.5. The van der Waals surface area contributed by atoms with E-state index in [1.54, 1.807) is 6.26 Å². The zero-order valence-electron chi connectivity index (χ0n) is 10.0. The van der Waals surface area contributed by atoms with Crippen molar-refractivity contribution in [1.82, 2.24) is 4.90 Å². The highest BCUT2D eigenvalue weighted by Crippen LogP contribution is 2.22. The molecule has 0 amide bonds.